The van der Waals surface area contributed by atoms with Crippen molar-refractivity contribution in [3.63, 3.8) is 0 Å². The van der Waals surface area contributed by atoms with E-state index in [-0.39, 0.29) is 23.7 Å². The highest BCUT2D eigenvalue weighted by Gasteiger charge is 2.17. The summed E-state index contributed by atoms with van der Waals surface area (Å²) in [5, 5.41) is 20.0. The van der Waals surface area contributed by atoms with Gasteiger partial charge in [-0.2, -0.15) is 5.26 Å². The van der Waals surface area contributed by atoms with Crippen molar-refractivity contribution in [2.45, 2.75) is 26.3 Å². The van der Waals surface area contributed by atoms with Crippen LogP contribution in [0.2, 0.25) is 0 Å². The molecule has 144 valence electrons. The Hall–Kier alpha value is -3.99. The number of rotatable bonds is 5. The van der Waals surface area contributed by atoms with Crippen LogP contribution in [0.4, 0.5) is 5.69 Å². The standard InChI is InChI=1S/C21H18N6O2/c1-2-6-18-24-25-20-21(29)26(16-9-3-4-10-17(16)27(18)20)13-19(28)23-15-8-5-7-14(11-15)12-22/h3-5,7-11H,2,6,13H2,1H3,(H,23,28). The molecule has 0 spiro atoms. The van der Waals surface area contributed by atoms with Crippen LogP contribution in [0.15, 0.2) is 53.3 Å². The lowest BCUT2D eigenvalue weighted by Gasteiger charge is -2.13. The maximum Gasteiger partial charge on any atom is 0.297 e. The SMILES string of the molecule is CCCc1nnc2c(=O)n(CC(=O)Nc3cccc(C#N)c3)c3ccccc3n12. The molecular weight excluding hydrogens is 368 g/mol. The van der Waals surface area contributed by atoms with Crippen LogP contribution in [-0.2, 0) is 17.8 Å². The van der Waals surface area contributed by atoms with E-state index in [1.54, 1.807) is 34.7 Å². The first-order valence-electron chi connectivity index (χ1n) is 9.28. The summed E-state index contributed by atoms with van der Waals surface area (Å²) in [7, 11) is 0. The maximum atomic E-state index is 13.1. The Bertz CT molecular complexity index is 1330. The fourth-order valence-corrected chi connectivity index (χ4v) is 3.37. The van der Waals surface area contributed by atoms with E-state index in [0.29, 0.717) is 23.2 Å². The molecule has 0 aliphatic carbocycles. The van der Waals surface area contributed by atoms with Crippen LogP contribution in [0, 0.1) is 11.3 Å². The molecule has 0 saturated carbocycles. The summed E-state index contributed by atoms with van der Waals surface area (Å²) in [6, 6.07) is 16.0. The van der Waals surface area contributed by atoms with Gasteiger partial charge < -0.3 is 5.32 Å². The fourth-order valence-electron chi connectivity index (χ4n) is 3.37. The number of nitrogens with zero attached hydrogens (tertiary/aromatic N) is 5. The second-order valence-electron chi connectivity index (χ2n) is 6.65. The molecule has 0 bridgehead atoms. The van der Waals surface area contributed by atoms with Crippen LogP contribution >= 0.6 is 0 Å². The van der Waals surface area contributed by atoms with Crippen molar-refractivity contribution in [1.29, 1.82) is 5.26 Å². The molecule has 1 N–H and O–H groups in total. The zero-order chi connectivity index (χ0) is 20.4. The van der Waals surface area contributed by atoms with Gasteiger partial charge in [-0.25, -0.2) is 0 Å². The minimum atomic E-state index is -0.375. The zero-order valence-electron chi connectivity index (χ0n) is 15.8. The summed E-state index contributed by atoms with van der Waals surface area (Å²) in [5.74, 6) is 0.353. The number of nitrogens with one attached hydrogen (secondary N) is 1. The molecule has 0 aliphatic rings. The molecule has 4 aromatic rings. The van der Waals surface area contributed by atoms with Gasteiger partial charge >= 0.3 is 0 Å². The Morgan fingerprint density at radius 3 is 2.69 bits per heavy atom. The molecule has 0 aliphatic heterocycles. The third-order valence-corrected chi connectivity index (χ3v) is 4.63. The Labute approximate surface area is 166 Å². The van der Waals surface area contributed by atoms with E-state index in [1.165, 1.54) is 4.57 Å². The Balaban J connectivity index is 1.77. The molecule has 0 saturated heterocycles. The summed E-state index contributed by atoms with van der Waals surface area (Å²) in [6.45, 7) is 1.86. The normalized spacial score (nSPS) is 10.9. The van der Waals surface area contributed by atoms with Gasteiger partial charge in [0.1, 0.15) is 12.4 Å². The smallest absolute Gasteiger partial charge is 0.297 e. The van der Waals surface area contributed by atoms with Gasteiger partial charge in [-0.1, -0.05) is 25.1 Å². The van der Waals surface area contributed by atoms with E-state index in [9.17, 15) is 9.59 Å². The topological polar surface area (TPSA) is 105 Å². The van der Waals surface area contributed by atoms with E-state index in [0.717, 1.165) is 17.8 Å². The van der Waals surface area contributed by atoms with Crippen molar-refractivity contribution in [2.75, 3.05) is 5.32 Å². The van der Waals surface area contributed by atoms with Crippen molar-refractivity contribution in [3.8, 4) is 6.07 Å². The van der Waals surface area contributed by atoms with Crippen molar-refractivity contribution < 1.29 is 4.79 Å². The van der Waals surface area contributed by atoms with Gasteiger partial charge in [0.2, 0.25) is 11.6 Å². The minimum absolute atomic E-state index is 0.178. The maximum absolute atomic E-state index is 13.1. The Morgan fingerprint density at radius 1 is 1.14 bits per heavy atom. The predicted molar refractivity (Wildman–Crippen MR) is 109 cm³/mol. The summed E-state index contributed by atoms with van der Waals surface area (Å²) >= 11 is 0. The highest BCUT2D eigenvalue weighted by Crippen LogP contribution is 2.16. The van der Waals surface area contributed by atoms with Gasteiger partial charge in [-0.3, -0.25) is 18.6 Å². The Kier molecular flexibility index (Phi) is 4.79. The van der Waals surface area contributed by atoms with Crippen molar-refractivity contribution in [2.24, 2.45) is 0 Å². The van der Waals surface area contributed by atoms with Crippen LogP contribution in [0.5, 0.6) is 0 Å². The second kappa shape index (κ2) is 7.56. The quantitative estimate of drug-likeness (QED) is 0.567. The van der Waals surface area contributed by atoms with Crippen molar-refractivity contribution >= 4 is 28.3 Å². The number of anilines is 1. The lowest BCUT2D eigenvalue weighted by atomic mass is 10.2. The molecule has 0 atom stereocenters. The van der Waals surface area contributed by atoms with E-state index >= 15 is 0 Å². The first-order chi connectivity index (χ1) is 14.1. The molecule has 2 heterocycles. The zero-order valence-corrected chi connectivity index (χ0v) is 15.8. The van der Waals surface area contributed by atoms with Gasteiger partial charge in [-0.05, 0) is 36.8 Å². The molecule has 2 aromatic carbocycles. The highest BCUT2D eigenvalue weighted by atomic mass is 16.2. The number of benzene rings is 2. The van der Waals surface area contributed by atoms with Gasteiger partial charge in [0.15, 0.2) is 0 Å². The number of fused-ring (bicyclic) bond motifs is 3. The number of carbonyl (C=O) groups excluding carboxylic acids is 1. The van der Waals surface area contributed by atoms with E-state index in [1.807, 2.05) is 31.2 Å². The van der Waals surface area contributed by atoms with Crippen LogP contribution in [0.25, 0.3) is 16.7 Å². The number of carbonyl (C=O) groups is 1. The van der Waals surface area contributed by atoms with Crippen molar-refractivity contribution in [3.05, 3.63) is 70.3 Å². The van der Waals surface area contributed by atoms with E-state index in [2.05, 4.69) is 15.5 Å². The van der Waals surface area contributed by atoms with Crippen LogP contribution in [0.3, 0.4) is 0 Å². The number of amides is 1. The molecule has 4 rings (SSSR count). The molecule has 1 amide bonds. The lowest BCUT2D eigenvalue weighted by Crippen LogP contribution is -2.29. The van der Waals surface area contributed by atoms with E-state index in [4.69, 9.17) is 5.26 Å². The van der Waals surface area contributed by atoms with Gasteiger partial charge in [0.05, 0.1) is 22.7 Å². The first kappa shape index (κ1) is 18.4. The van der Waals surface area contributed by atoms with Crippen LogP contribution in [0.1, 0.15) is 24.7 Å². The van der Waals surface area contributed by atoms with E-state index < -0.39 is 0 Å². The second-order valence-corrected chi connectivity index (χ2v) is 6.65. The van der Waals surface area contributed by atoms with Gasteiger partial charge in [0.25, 0.3) is 5.56 Å². The summed E-state index contributed by atoms with van der Waals surface area (Å²) in [4.78, 5) is 25.7. The molecule has 2 aromatic heterocycles. The average molecular weight is 386 g/mol. The monoisotopic (exact) mass is 386 g/mol. The third kappa shape index (κ3) is 3.34. The molecule has 0 fully saturated rings. The lowest BCUT2D eigenvalue weighted by molar-refractivity contribution is -0.116. The van der Waals surface area contributed by atoms with Crippen LogP contribution < -0.4 is 10.9 Å². The largest absolute Gasteiger partial charge is 0.324 e. The van der Waals surface area contributed by atoms with Crippen molar-refractivity contribution in [1.82, 2.24) is 19.2 Å². The van der Waals surface area contributed by atoms with Crippen LogP contribution in [-0.4, -0.2) is 25.1 Å². The Morgan fingerprint density at radius 2 is 1.93 bits per heavy atom. The summed E-state index contributed by atoms with van der Waals surface area (Å²) < 4.78 is 3.17. The minimum Gasteiger partial charge on any atom is -0.324 e. The summed E-state index contributed by atoms with van der Waals surface area (Å²) in [6.07, 6.45) is 1.58. The fraction of sp³-hybridized carbons (Fsp3) is 0.190. The number of hydrogen-bond donors (Lipinski definition) is 1. The molecule has 0 radical (unpaired) electrons. The number of hydrogen-bond acceptors (Lipinski definition) is 5. The summed E-state index contributed by atoms with van der Waals surface area (Å²) in [5.41, 5.74) is 2.17. The molecule has 8 heteroatoms. The molecule has 0 unspecified atom stereocenters. The molecule has 29 heavy (non-hydrogen) atoms. The first-order valence-corrected chi connectivity index (χ1v) is 9.28. The van der Waals surface area contributed by atoms with Gasteiger partial charge in [-0.15, -0.1) is 10.2 Å². The molecule has 8 nitrogen and oxygen atoms in total. The molecular formula is C21H18N6O2. The highest BCUT2D eigenvalue weighted by molar-refractivity contribution is 5.92. The van der Waals surface area contributed by atoms with Gasteiger partial charge in [0, 0.05) is 12.1 Å². The predicted octanol–water partition coefficient (Wildman–Crippen LogP) is 2.51. The number of aromatic nitrogens is 4. The number of para-hydroxylation sites is 2. The third-order valence-electron chi connectivity index (χ3n) is 4.63. The number of nitriles is 1. The average Bonchev–Trinajstić information content (AvgIpc) is 3.15. The number of aryl methyl sites for hydroxylation is 1.